The van der Waals surface area contributed by atoms with Crippen LogP contribution in [-0.4, -0.2) is 24.1 Å². The Kier molecular flexibility index (Phi) is 5.26. The first-order chi connectivity index (χ1) is 16.0. The van der Waals surface area contributed by atoms with Crippen LogP contribution in [-0.2, 0) is 14.1 Å². The second kappa shape index (κ2) is 8.25. The van der Waals surface area contributed by atoms with Crippen LogP contribution in [0.15, 0.2) is 53.9 Å². The number of nitrogens with one attached hydrogen (secondary N) is 1. The van der Waals surface area contributed by atoms with Crippen molar-refractivity contribution in [1.82, 2.24) is 24.1 Å². The highest BCUT2D eigenvalue weighted by Crippen LogP contribution is 2.40. The van der Waals surface area contributed by atoms with Crippen molar-refractivity contribution in [2.24, 2.45) is 19.8 Å². The van der Waals surface area contributed by atoms with Crippen LogP contribution in [0.2, 0.25) is 5.02 Å². The van der Waals surface area contributed by atoms with Gasteiger partial charge in [0.25, 0.3) is 5.56 Å². The Morgan fingerprint density at radius 2 is 2.12 bits per heavy atom. The predicted octanol–water partition coefficient (Wildman–Crippen LogP) is 3.67. The van der Waals surface area contributed by atoms with Gasteiger partial charge in [-0.2, -0.15) is 4.98 Å². The first-order valence-electron chi connectivity index (χ1n) is 10.5. The van der Waals surface area contributed by atoms with Gasteiger partial charge in [-0.05, 0) is 42.5 Å². The molecule has 0 atom stereocenters. The van der Waals surface area contributed by atoms with Crippen LogP contribution in [0, 0.1) is 0 Å². The van der Waals surface area contributed by atoms with E-state index >= 15 is 0 Å². The second-order valence-electron chi connectivity index (χ2n) is 7.95. The lowest BCUT2D eigenvalue weighted by Gasteiger charge is -2.11. The fraction of sp³-hybridized carbons (Fsp3) is 0.217. The molecule has 0 spiro atoms. The minimum Gasteiger partial charge on any atom is -0.450 e. The smallest absolute Gasteiger partial charge is 0.274 e. The molecule has 4 aromatic heterocycles. The number of nitrogens with zero attached hydrogens (tertiary/aromatic N) is 5. The molecule has 4 heterocycles. The van der Waals surface area contributed by atoms with E-state index in [1.165, 1.54) is 12.4 Å². The van der Waals surface area contributed by atoms with E-state index in [2.05, 4.69) is 20.3 Å². The maximum absolute atomic E-state index is 12.7. The molecule has 1 saturated carbocycles. The van der Waals surface area contributed by atoms with E-state index < -0.39 is 0 Å². The SMILES string of the molecule is Cn1cc(C2CC2)cc(Nc2nc3ncc(O/C(=C/N)c4ccccn4)c(Cl)c3n2C)c1=O. The maximum atomic E-state index is 12.7. The average Bonchev–Trinajstić information content (AvgIpc) is 3.62. The van der Waals surface area contributed by atoms with Crippen molar-refractivity contribution in [2.45, 2.75) is 18.8 Å². The molecule has 5 rings (SSSR count). The zero-order chi connectivity index (χ0) is 23.1. The standard InChI is InChI=1S/C23H22ClN7O2/c1-30-12-14(13-6-7-13)9-16(22(30)32)28-23-29-21-20(31(23)2)19(24)18(11-27-21)33-17(10-25)15-5-3-4-8-26-15/h3-5,8-13H,6-7,25H2,1-2H3,(H,27,28,29)/b17-10+. The van der Waals surface area contributed by atoms with Crippen LogP contribution in [0.5, 0.6) is 5.75 Å². The van der Waals surface area contributed by atoms with Gasteiger partial charge in [0.15, 0.2) is 17.2 Å². The topological polar surface area (TPSA) is 113 Å². The summed E-state index contributed by atoms with van der Waals surface area (Å²) in [5, 5.41) is 3.47. The number of nitrogens with two attached hydrogens (primary N) is 1. The number of hydrogen-bond donors (Lipinski definition) is 2. The fourth-order valence-electron chi connectivity index (χ4n) is 3.68. The van der Waals surface area contributed by atoms with Crippen molar-refractivity contribution in [2.75, 3.05) is 5.32 Å². The molecule has 3 N–H and O–H groups in total. The zero-order valence-electron chi connectivity index (χ0n) is 18.1. The van der Waals surface area contributed by atoms with Crippen LogP contribution >= 0.6 is 11.6 Å². The van der Waals surface area contributed by atoms with Crippen LogP contribution in [0.3, 0.4) is 0 Å². The highest BCUT2D eigenvalue weighted by molar-refractivity contribution is 6.36. The number of hydrogen-bond acceptors (Lipinski definition) is 7. The maximum Gasteiger partial charge on any atom is 0.274 e. The monoisotopic (exact) mass is 463 g/mol. The molecule has 4 aromatic rings. The molecule has 0 radical (unpaired) electrons. The van der Waals surface area contributed by atoms with E-state index in [-0.39, 0.29) is 5.56 Å². The summed E-state index contributed by atoms with van der Waals surface area (Å²) in [6.07, 6.45) is 8.63. The summed E-state index contributed by atoms with van der Waals surface area (Å²) in [5.41, 5.74) is 8.75. The Balaban J connectivity index is 1.50. The largest absolute Gasteiger partial charge is 0.450 e. The van der Waals surface area contributed by atoms with Gasteiger partial charge >= 0.3 is 0 Å². The molecule has 0 amide bonds. The Morgan fingerprint density at radius 1 is 1.30 bits per heavy atom. The molecule has 0 aromatic carbocycles. The minimum atomic E-state index is -0.136. The number of fused-ring (bicyclic) bond motifs is 1. The van der Waals surface area contributed by atoms with E-state index in [0.29, 0.717) is 50.9 Å². The quantitative estimate of drug-likeness (QED) is 0.419. The van der Waals surface area contributed by atoms with Gasteiger partial charge in [0.1, 0.15) is 21.9 Å². The van der Waals surface area contributed by atoms with E-state index in [1.54, 1.807) is 41.6 Å². The van der Waals surface area contributed by atoms with E-state index in [1.807, 2.05) is 18.3 Å². The Labute approximate surface area is 194 Å². The lowest BCUT2D eigenvalue weighted by molar-refractivity contribution is 0.509. The molecular weight excluding hydrogens is 442 g/mol. The summed E-state index contributed by atoms with van der Waals surface area (Å²) in [7, 11) is 3.54. The van der Waals surface area contributed by atoms with Crippen LogP contribution in [0.25, 0.3) is 16.9 Å². The Morgan fingerprint density at radius 3 is 2.82 bits per heavy atom. The second-order valence-corrected chi connectivity index (χ2v) is 8.33. The normalized spacial score (nSPS) is 14.0. The summed E-state index contributed by atoms with van der Waals surface area (Å²) in [5.74, 6) is 1.62. The third kappa shape index (κ3) is 3.91. The predicted molar refractivity (Wildman–Crippen MR) is 127 cm³/mol. The van der Waals surface area contributed by atoms with Crippen molar-refractivity contribution in [1.29, 1.82) is 0 Å². The number of aryl methyl sites for hydroxylation is 2. The highest BCUT2D eigenvalue weighted by Gasteiger charge is 2.25. The Hall–Kier alpha value is -3.85. The van der Waals surface area contributed by atoms with Crippen molar-refractivity contribution in [3.63, 3.8) is 0 Å². The number of rotatable bonds is 6. The molecular formula is C23H22ClN7O2. The number of anilines is 2. The molecule has 9 nitrogen and oxygen atoms in total. The molecule has 0 aliphatic heterocycles. The number of pyridine rings is 3. The number of imidazole rings is 1. The Bertz CT molecular complexity index is 1440. The fourth-order valence-corrected chi connectivity index (χ4v) is 3.98. The van der Waals surface area contributed by atoms with Crippen molar-refractivity contribution in [3.8, 4) is 5.75 Å². The van der Waals surface area contributed by atoms with Crippen molar-refractivity contribution in [3.05, 3.63) is 75.7 Å². The van der Waals surface area contributed by atoms with Gasteiger partial charge in [0, 0.05) is 32.7 Å². The van der Waals surface area contributed by atoms with Gasteiger partial charge in [-0.15, -0.1) is 0 Å². The van der Waals surface area contributed by atoms with Gasteiger partial charge in [0.05, 0.1) is 6.20 Å². The van der Waals surface area contributed by atoms with Crippen molar-refractivity contribution >= 4 is 40.2 Å². The molecule has 1 aliphatic rings. The summed E-state index contributed by atoms with van der Waals surface area (Å²) in [6, 6.07) is 7.31. The van der Waals surface area contributed by atoms with E-state index in [0.717, 1.165) is 18.4 Å². The number of ether oxygens (including phenoxy) is 1. The summed E-state index contributed by atoms with van der Waals surface area (Å²) < 4.78 is 9.25. The summed E-state index contributed by atoms with van der Waals surface area (Å²) in [4.78, 5) is 25.9. The van der Waals surface area contributed by atoms with Crippen molar-refractivity contribution < 1.29 is 4.74 Å². The van der Waals surface area contributed by atoms with Gasteiger partial charge in [-0.25, -0.2) is 4.98 Å². The van der Waals surface area contributed by atoms with E-state index in [9.17, 15) is 4.79 Å². The summed E-state index contributed by atoms with van der Waals surface area (Å²) in [6.45, 7) is 0. The van der Waals surface area contributed by atoms with Crippen LogP contribution in [0.1, 0.15) is 30.0 Å². The van der Waals surface area contributed by atoms with Gasteiger partial charge < -0.3 is 24.9 Å². The third-order valence-corrected chi connectivity index (χ3v) is 5.96. The van der Waals surface area contributed by atoms with Crippen LogP contribution in [0.4, 0.5) is 11.6 Å². The molecule has 0 bridgehead atoms. The highest BCUT2D eigenvalue weighted by atomic mass is 35.5. The van der Waals surface area contributed by atoms with E-state index in [4.69, 9.17) is 22.1 Å². The number of aromatic nitrogens is 5. The molecule has 1 fully saturated rings. The molecule has 0 unspecified atom stereocenters. The number of halogens is 1. The van der Waals surface area contributed by atoms with Crippen LogP contribution < -0.4 is 21.3 Å². The molecule has 10 heteroatoms. The zero-order valence-corrected chi connectivity index (χ0v) is 18.9. The summed E-state index contributed by atoms with van der Waals surface area (Å²) >= 11 is 6.68. The lowest BCUT2D eigenvalue weighted by Crippen LogP contribution is -2.20. The first-order valence-corrected chi connectivity index (χ1v) is 10.8. The molecule has 168 valence electrons. The third-order valence-electron chi connectivity index (χ3n) is 5.59. The lowest BCUT2D eigenvalue weighted by atomic mass is 10.2. The molecule has 33 heavy (non-hydrogen) atoms. The average molecular weight is 464 g/mol. The minimum absolute atomic E-state index is 0.136. The van der Waals surface area contributed by atoms with Gasteiger partial charge in [-0.3, -0.25) is 9.78 Å². The van der Waals surface area contributed by atoms with Gasteiger partial charge in [-0.1, -0.05) is 17.7 Å². The molecule has 0 saturated heterocycles. The van der Waals surface area contributed by atoms with Gasteiger partial charge in [0.2, 0.25) is 5.95 Å². The first kappa shape index (κ1) is 21.0. The molecule has 1 aliphatic carbocycles.